The van der Waals surface area contributed by atoms with Crippen molar-refractivity contribution in [2.45, 2.75) is 33.7 Å². The van der Waals surface area contributed by atoms with Gasteiger partial charge in [-0.25, -0.2) is 4.39 Å². The highest BCUT2D eigenvalue weighted by atomic mass is 19.1. The van der Waals surface area contributed by atoms with Gasteiger partial charge in [-0.05, 0) is 56.2 Å². The van der Waals surface area contributed by atoms with E-state index >= 15 is 0 Å². The molecule has 1 fully saturated rings. The van der Waals surface area contributed by atoms with E-state index in [9.17, 15) is 14.4 Å². The summed E-state index contributed by atoms with van der Waals surface area (Å²) in [6.45, 7) is 9.34. The van der Waals surface area contributed by atoms with Crippen molar-refractivity contribution in [3.8, 4) is 6.07 Å². The first-order valence-corrected chi connectivity index (χ1v) is 10.2. The summed E-state index contributed by atoms with van der Waals surface area (Å²) >= 11 is 0. The number of nitriles is 1. The van der Waals surface area contributed by atoms with Crippen LogP contribution in [-0.2, 0) is 16.1 Å². The molecule has 2 heterocycles. The molecule has 1 aromatic carbocycles. The van der Waals surface area contributed by atoms with Crippen molar-refractivity contribution in [3.63, 3.8) is 0 Å². The lowest BCUT2D eigenvalue weighted by Crippen LogP contribution is -2.36. The van der Waals surface area contributed by atoms with Crippen molar-refractivity contribution in [1.29, 1.82) is 5.26 Å². The minimum Gasteiger partial charge on any atom is -0.378 e. The van der Waals surface area contributed by atoms with Gasteiger partial charge in [0.05, 0.1) is 18.9 Å². The topological polar surface area (TPSA) is 70.3 Å². The highest BCUT2D eigenvalue weighted by molar-refractivity contribution is 6.09. The first-order valence-electron chi connectivity index (χ1n) is 10.2. The molecule has 0 atom stereocenters. The molecule has 0 saturated carbocycles. The van der Waals surface area contributed by atoms with Crippen LogP contribution in [0.15, 0.2) is 29.8 Å². The van der Waals surface area contributed by atoms with Gasteiger partial charge in [0.25, 0.3) is 5.91 Å². The zero-order valence-corrected chi connectivity index (χ0v) is 17.7. The number of hydrogen-bond acceptors (Lipinski definition) is 4. The van der Waals surface area contributed by atoms with Crippen molar-refractivity contribution in [3.05, 3.63) is 52.6 Å². The van der Waals surface area contributed by atoms with Gasteiger partial charge in [0.15, 0.2) is 0 Å². The first kappa shape index (κ1) is 21.6. The van der Waals surface area contributed by atoms with Crippen molar-refractivity contribution >= 4 is 23.4 Å². The summed E-state index contributed by atoms with van der Waals surface area (Å²) in [5.74, 6) is -0.975. The van der Waals surface area contributed by atoms with Gasteiger partial charge >= 0.3 is 0 Å². The second-order valence-corrected chi connectivity index (χ2v) is 7.37. The molecule has 1 aliphatic rings. The number of carbonyl (C=O) groups is 1. The maximum atomic E-state index is 14.6. The number of nitrogens with one attached hydrogen (secondary N) is 1. The largest absolute Gasteiger partial charge is 0.378 e. The molecule has 3 rings (SSSR count). The van der Waals surface area contributed by atoms with E-state index in [2.05, 4.69) is 16.8 Å². The average molecular weight is 410 g/mol. The van der Waals surface area contributed by atoms with Gasteiger partial charge in [-0.1, -0.05) is 6.92 Å². The fourth-order valence-electron chi connectivity index (χ4n) is 3.69. The molecule has 7 heteroatoms. The Kier molecular flexibility index (Phi) is 6.91. The van der Waals surface area contributed by atoms with Crippen LogP contribution in [0, 0.1) is 31.0 Å². The van der Waals surface area contributed by atoms with Crippen molar-refractivity contribution in [2.75, 3.05) is 36.5 Å². The van der Waals surface area contributed by atoms with Gasteiger partial charge in [0, 0.05) is 36.7 Å². The van der Waals surface area contributed by atoms with E-state index in [1.165, 1.54) is 6.07 Å². The molecule has 0 radical (unpaired) electrons. The van der Waals surface area contributed by atoms with Crippen LogP contribution in [0.25, 0.3) is 6.08 Å². The Bertz CT molecular complexity index is 997. The number of aromatic nitrogens is 1. The van der Waals surface area contributed by atoms with Crippen molar-refractivity contribution < 1.29 is 13.9 Å². The van der Waals surface area contributed by atoms with Crippen molar-refractivity contribution in [2.24, 2.45) is 0 Å². The summed E-state index contributed by atoms with van der Waals surface area (Å²) in [6.07, 6.45) is 2.58. The monoisotopic (exact) mass is 410 g/mol. The van der Waals surface area contributed by atoms with Gasteiger partial charge in [0.1, 0.15) is 17.5 Å². The Morgan fingerprint density at radius 1 is 1.30 bits per heavy atom. The van der Waals surface area contributed by atoms with E-state index in [1.54, 1.807) is 18.2 Å². The number of halogens is 1. The molecular formula is C23H27FN4O2. The summed E-state index contributed by atoms with van der Waals surface area (Å²) in [4.78, 5) is 14.5. The fourth-order valence-corrected chi connectivity index (χ4v) is 3.69. The number of morpholine rings is 1. The summed E-state index contributed by atoms with van der Waals surface area (Å²) < 4.78 is 22.0. The SMILES string of the molecule is CCCn1c(C)cc(/C=C(/C#N)C(=O)Nc2ccc(N3CCOCC3)c(F)c2)c1C. The maximum Gasteiger partial charge on any atom is 0.266 e. The van der Waals surface area contributed by atoms with Crippen LogP contribution >= 0.6 is 0 Å². The normalized spacial score (nSPS) is 14.5. The molecule has 1 aromatic heterocycles. The van der Waals surface area contributed by atoms with E-state index < -0.39 is 11.7 Å². The quantitative estimate of drug-likeness (QED) is 0.576. The Hall–Kier alpha value is -3.11. The van der Waals surface area contributed by atoms with Gasteiger partial charge < -0.3 is 19.5 Å². The van der Waals surface area contributed by atoms with E-state index in [4.69, 9.17) is 4.74 Å². The Balaban J connectivity index is 1.77. The zero-order chi connectivity index (χ0) is 21.7. The minimum absolute atomic E-state index is 0.0237. The summed E-state index contributed by atoms with van der Waals surface area (Å²) in [7, 11) is 0. The van der Waals surface area contributed by atoms with Gasteiger partial charge in [-0.15, -0.1) is 0 Å². The van der Waals surface area contributed by atoms with Crippen molar-refractivity contribution in [1.82, 2.24) is 4.57 Å². The van der Waals surface area contributed by atoms with E-state index in [-0.39, 0.29) is 5.57 Å². The van der Waals surface area contributed by atoms with Crippen LogP contribution < -0.4 is 10.2 Å². The molecule has 1 saturated heterocycles. The third-order valence-electron chi connectivity index (χ3n) is 5.28. The molecule has 0 unspecified atom stereocenters. The summed E-state index contributed by atoms with van der Waals surface area (Å²) in [5.41, 5.74) is 3.70. The molecule has 1 amide bonds. The molecule has 0 bridgehead atoms. The highest BCUT2D eigenvalue weighted by Gasteiger charge is 2.17. The van der Waals surface area contributed by atoms with Crippen LogP contribution in [0.3, 0.4) is 0 Å². The zero-order valence-electron chi connectivity index (χ0n) is 17.7. The van der Waals surface area contributed by atoms with Crippen LogP contribution in [0.1, 0.15) is 30.3 Å². The minimum atomic E-state index is -0.559. The molecule has 2 aromatic rings. The number of amides is 1. The number of aryl methyl sites for hydroxylation is 1. The van der Waals surface area contributed by atoms with Gasteiger partial charge in [0.2, 0.25) is 0 Å². The van der Waals surface area contributed by atoms with E-state index in [1.807, 2.05) is 30.9 Å². The summed E-state index contributed by atoms with van der Waals surface area (Å²) in [5, 5.41) is 12.1. The predicted octanol–water partition coefficient (Wildman–Crippen LogP) is 4.04. The smallest absolute Gasteiger partial charge is 0.266 e. The first-order chi connectivity index (χ1) is 14.4. The third kappa shape index (κ3) is 4.71. The molecule has 1 N–H and O–H groups in total. The number of rotatable bonds is 6. The lowest BCUT2D eigenvalue weighted by Gasteiger charge is -2.29. The Labute approximate surface area is 176 Å². The summed E-state index contributed by atoms with van der Waals surface area (Å²) in [6, 6.07) is 8.50. The molecule has 158 valence electrons. The van der Waals surface area contributed by atoms with Crippen LogP contribution in [0.4, 0.5) is 15.8 Å². The Morgan fingerprint density at radius 2 is 2.03 bits per heavy atom. The number of carbonyl (C=O) groups excluding carboxylic acids is 1. The van der Waals surface area contributed by atoms with Crippen LogP contribution in [-0.4, -0.2) is 36.8 Å². The van der Waals surface area contributed by atoms with E-state index in [0.717, 1.165) is 29.9 Å². The lowest BCUT2D eigenvalue weighted by molar-refractivity contribution is -0.112. The molecule has 6 nitrogen and oxygen atoms in total. The van der Waals surface area contributed by atoms with Gasteiger partial charge in [-0.2, -0.15) is 5.26 Å². The van der Waals surface area contributed by atoms with Gasteiger partial charge in [-0.3, -0.25) is 4.79 Å². The maximum absolute atomic E-state index is 14.6. The second kappa shape index (κ2) is 9.59. The predicted molar refractivity (Wildman–Crippen MR) is 116 cm³/mol. The van der Waals surface area contributed by atoms with Crippen LogP contribution in [0.5, 0.6) is 0 Å². The fraction of sp³-hybridized carbons (Fsp3) is 0.391. The lowest BCUT2D eigenvalue weighted by atomic mass is 10.1. The standard InChI is InChI=1S/C23H27FN4O2/c1-4-7-28-16(2)12-18(17(28)3)13-19(15-25)23(29)26-20-5-6-22(21(24)14-20)27-8-10-30-11-9-27/h5-6,12-14H,4,7-11H2,1-3H3,(H,26,29)/b19-13-. The second-order valence-electron chi connectivity index (χ2n) is 7.37. The number of ether oxygens (including phenoxy) is 1. The number of hydrogen-bond donors (Lipinski definition) is 1. The number of anilines is 2. The average Bonchev–Trinajstić information content (AvgIpc) is 3.00. The molecule has 30 heavy (non-hydrogen) atoms. The van der Waals surface area contributed by atoms with Crippen LogP contribution in [0.2, 0.25) is 0 Å². The molecule has 0 aliphatic carbocycles. The molecule has 0 spiro atoms. The van der Waals surface area contributed by atoms with E-state index in [0.29, 0.717) is 37.7 Å². The number of benzene rings is 1. The molecule has 1 aliphatic heterocycles. The molecular weight excluding hydrogens is 383 g/mol. The highest BCUT2D eigenvalue weighted by Crippen LogP contribution is 2.24. The Morgan fingerprint density at radius 3 is 2.67 bits per heavy atom. The number of nitrogens with zero attached hydrogens (tertiary/aromatic N) is 3. The third-order valence-corrected chi connectivity index (χ3v) is 5.28.